The van der Waals surface area contributed by atoms with E-state index in [1.807, 2.05) is 61.5 Å². The largest absolute Gasteiger partial charge is 0.488 e. The van der Waals surface area contributed by atoms with Gasteiger partial charge in [-0.25, -0.2) is 0 Å². The summed E-state index contributed by atoms with van der Waals surface area (Å²) in [4.78, 5) is 153. The van der Waals surface area contributed by atoms with Crippen molar-refractivity contribution >= 4 is 59.1 Å². The van der Waals surface area contributed by atoms with Gasteiger partial charge in [0, 0.05) is 39.0 Å². The smallest absolute Gasteiger partial charge is 0.246 e. The van der Waals surface area contributed by atoms with E-state index in [0.29, 0.717) is 74.7 Å². The summed E-state index contributed by atoms with van der Waals surface area (Å²) in [5.74, 6) is -5.93. The number of rotatable bonds is 11. The number of nitrogens with one attached hydrogen (secondary N) is 6. The van der Waals surface area contributed by atoms with Gasteiger partial charge in [0.15, 0.2) is 0 Å². The van der Waals surface area contributed by atoms with Gasteiger partial charge < -0.3 is 56.2 Å². The van der Waals surface area contributed by atoms with Gasteiger partial charge in [-0.1, -0.05) is 96.8 Å². The van der Waals surface area contributed by atoms with Crippen LogP contribution < -0.4 is 36.6 Å². The summed E-state index contributed by atoms with van der Waals surface area (Å²) in [6, 6.07) is 5.28. The molecule has 0 aromatic heterocycles. The number of benzene rings is 2. The van der Waals surface area contributed by atoms with Crippen molar-refractivity contribution in [2.75, 3.05) is 26.2 Å². The highest BCUT2D eigenvalue weighted by molar-refractivity contribution is 6.00. The van der Waals surface area contributed by atoms with E-state index >= 15 is 4.79 Å². The maximum absolute atomic E-state index is 15.1. The summed E-state index contributed by atoms with van der Waals surface area (Å²) in [5.41, 5.74) is 0.907. The summed E-state index contributed by atoms with van der Waals surface area (Å²) < 4.78 is 6.06. The zero-order chi connectivity index (χ0) is 61.2. The van der Waals surface area contributed by atoms with Gasteiger partial charge >= 0.3 is 0 Å². The van der Waals surface area contributed by atoms with Crippen LogP contribution >= 0.6 is 0 Å². The number of nitrogens with zero attached hydrogens (tertiary/aromatic N) is 4. The van der Waals surface area contributed by atoms with Crippen LogP contribution in [0.2, 0.25) is 0 Å². The Morgan fingerprint density at radius 1 is 0.464 bits per heavy atom. The van der Waals surface area contributed by atoms with Gasteiger partial charge in [-0.3, -0.25) is 47.9 Å². The molecule has 7 rings (SSSR count). The van der Waals surface area contributed by atoms with Crippen LogP contribution in [0.15, 0.2) is 54.6 Å². The minimum atomic E-state index is -1.24. The van der Waals surface area contributed by atoms with Gasteiger partial charge in [-0.15, -0.1) is 0 Å². The highest BCUT2D eigenvalue weighted by Crippen LogP contribution is 2.30. The molecule has 10 amide bonds. The maximum Gasteiger partial charge on any atom is 0.246 e. The van der Waals surface area contributed by atoms with E-state index in [9.17, 15) is 43.2 Å². The third kappa shape index (κ3) is 16.0. The molecule has 0 spiro atoms. The fourth-order valence-electron chi connectivity index (χ4n) is 12.3. The quantitative estimate of drug-likeness (QED) is 0.189. The van der Waals surface area contributed by atoms with Gasteiger partial charge in [0.25, 0.3) is 0 Å². The molecule has 12 atom stereocenters. The first-order chi connectivity index (χ1) is 39.9. The number of carbonyl (C=O) groups excluding carboxylic acids is 10. The predicted molar refractivity (Wildman–Crippen MR) is 315 cm³/mol. The maximum atomic E-state index is 15.1. The molecule has 6 N–H and O–H groups in total. The lowest BCUT2D eigenvalue weighted by molar-refractivity contribution is -0.149. The summed E-state index contributed by atoms with van der Waals surface area (Å²) in [6.45, 7) is 19.3. The van der Waals surface area contributed by atoms with Crippen LogP contribution in [0, 0.1) is 17.8 Å². The molecule has 0 bridgehead atoms. The average Bonchev–Trinajstić information content (AvgIpc) is 3.32. The van der Waals surface area contributed by atoms with Crippen molar-refractivity contribution < 1.29 is 52.7 Å². The topological polar surface area (TPSA) is 265 Å². The van der Waals surface area contributed by atoms with E-state index < -0.39 is 137 Å². The standard InChI is InChI=1S/C63H92N10O11/c1-11-38(5)51-58(79)66-44(35-41-20-14-13-15-21-41)54(75)64-40(7)53(74)67-46(34-37(3)4)59(80)72-32-18-24-49(72)60(81)70-30-16-22-47(70)56(77)65-45(36-42-26-28-43(29-27-42)84-63(8,9)10)55(76)69-52(39(6)12-2)62(83)73-33-19-25-50(73)61(82)71-31-17-23-48(71)57(78)68-51/h13-15,20-21,26-29,37-40,44-52H,11-12,16-19,22-25,30-36H2,1-10H3,(H,64,75)(H,65,77)(H,66,79)(H,67,74)(H,68,78)(H,69,76)/t38-,39-,40-,44-,45-,46-,47-,48-,49-,50-,51-,52-/m0/s1. The van der Waals surface area contributed by atoms with E-state index in [-0.39, 0.29) is 57.8 Å². The molecule has 0 radical (unpaired) electrons. The second-order valence-corrected chi connectivity index (χ2v) is 25.3. The molecule has 0 unspecified atom stereocenters. The van der Waals surface area contributed by atoms with Crippen molar-refractivity contribution in [3.05, 3.63) is 65.7 Å². The molecule has 5 saturated heterocycles. The molecule has 21 nitrogen and oxygen atoms in total. The number of fused-ring (bicyclic) bond motifs is 4. The fraction of sp³-hybridized carbons (Fsp3) is 0.651. The zero-order valence-corrected chi connectivity index (χ0v) is 51.0. The number of amides is 10. The van der Waals surface area contributed by atoms with Crippen molar-refractivity contribution in [3.63, 3.8) is 0 Å². The molecule has 2 aromatic rings. The predicted octanol–water partition coefficient (Wildman–Crippen LogP) is 3.69. The van der Waals surface area contributed by atoms with E-state index in [0.717, 1.165) is 0 Å². The number of carbonyl (C=O) groups is 10. The van der Waals surface area contributed by atoms with Crippen LogP contribution in [0.25, 0.3) is 0 Å². The number of ether oxygens (including phenoxy) is 1. The Morgan fingerprint density at radius 2 is 0.881 bits per heavy atom. The zero-order valence-electron chi connectivity index (χ0n) is 51.0. The Labute approximate surface area is 495 Å². The van der Waals surface area contributed by atoms with Gasteiger partial charge in [0.2, 0.25) is 59.1 Å². The normalized spacial score (nSPS) is 28.5. The van der Waals surface area contributed by atoms with E-state index in [4.69, 9.17) is 4.74 Å². The Kier molecular flexibility index (Phi) is 22.0. The van der Waals surface area contributed by atoms with E-state index in [1.165, 1.54) is 26.5 Å². The monoisotopic (exact) mass is 1160 g/mol. The molecule has 5 aliphatic heterocycles. The van der Waals surface area contributed by atoms with Crippen LogP contribution in [-0.4, -0.2) is 171 Å². The molecule has 0 aliphatic carbocycles. The van der Waals surface area contributed by atoms with Gasteiger partial charge in [-0.05, 0) is 126 Å². The Bertz CT molecular complexity index is 2700. The van der Waals surface area contributed by atoms with E-state index in [2.05, 4.69) is 31.9 Å². The lowest BCUT2D eigenvalue weighted by Gasteiger charge is -2.35. The first-order valence-electron chi connectivity index (χ1n) is 30.7. The van der Waals surface area contributed by atoms with Crippen LogP contribution in [0.3, 0.4) is 0 Å². The number of hydrogen-bond donors (Lipinski definition) is 6. The minimum absolute atomic E-state index is 0.00265. The van der Waals surface area contributed by atoms with E-state index in [1.54, 1.807) is 55.5 Å². The summed E-state index contributed by atoms with van der Waals surface area (Å²) in [6.07, 6.45) is 4.31. The number of hydrogen-bond acceptors (Lipinski definition) is 11. The van der Waals surface area contributed by atoms with Crippen LogP contribution in [0.1, 0.15) is 151 Å². The molecule has 21 heteroatoms. The second-order valence-electron chi connectivity index (χ2n) is 25.3. The van der Waals surface area contributed by atoms with Crippen molar-refractivity contribution in [1.29, 1.82) is 0 Å². The third-order valence-corrected chi connectivity index (χ3v) is 17.3. The highest BCUT2D eigenvalue weighted by Gasteiger charge is 2.48. The molecule has 5 heterocycles. The summed E-state index contributed by atoms with van der Waals surface area (Å²) in [7, 11) is 0. The molecule has 84 heavy (non-hydrogen) atoms. The Hall–Kier alpha value is -7.06. The molecule has 2 aromatic carbocycles. The van der Waals surface area contributed by atoms with Crippen molar-refractivity contribution in [3.8, 4) is 5.75 Å². The van der Waals surface area contributed by atoms with Crippen molar-refractivity contribution in [2.24, 2.45) is 17.8 Å². The Balaban J connectivity index is 1.25. The highest BCUT2D eigenvalue weighted by atomic mass is 16.5. The molecule has 5 fully saturated rings. The third-order valence-electron chi connectivity index (χ3n) is 17.3. The van der Waals surface area contributed by atoms with Gasteiger partial charge in [0.05, 0.1) is 0 Å². The first-order valence-corrected chi connectivity index (χ1v) is 30.7. The molecule has 0 saturated carbocycles. The van der Waals surface area contributed by atoms with Crippen molar-refractivity contribution in [2.45, 2.75) is 219 Å². The lowest BCUT2D eigenvalue weighted by Crippen LogP contribution is -2.62. The molecular formula is C63H92N10O11. The minimum Gasteiger partial charge on any atom is -0.488 e. The molecule has 5 aliphatic rings. The van der Waals surface area contributed by atoms with Crippen LogP contribution in [0.5, 0.6) is 5.75 Å². The molecule has 460 valence electrons. The second kappa shape index (κ2) is 28.7. The fourth-order valence-corrected chi connectivity index (χ4v) is 12.3. The summed E-state index contributed by atoms with van der Waals surface area (Å²) >= 11 is 0. The summed E-state index contributed by atoms with van der Waals surface area (Å²) in [5, 5.41) is 17.4. The van der Waals surface area contributed by atoms with Crippen LogP contribution in [0.4, 0.5) is 0 Å². The van der Waals surface area contributed by atoms with Gasteiger partial charge in [0.1, 0.15) is 71.8 Å². The SMILES string of the molecule is CC[C@H](C)[C@@H]1NC(=O)[C@@H]2CCCN2C(=O)[C@@H]2CCCN2C(=O)[C@H]([C@@H](C)CC)NC(=O)[C@H](Cc2ccc(OC(C)(C)C)cc2)NC(=O)[C@@H]2CCCN2C(=O)[C@@H]2CCCN2C(=O)[C@H](CC(C)C)NC(=O)[C@H](C)NC(=O)[C@H](Cc2ccccc2)NC1=O. The molecular weight excluding hydrogens is 1070 g/mol. The van der Waals surface area contributed by atoms with Crippen LogP contribution in [-0.2, 0) is 60.8 Å². The first kappa shape index (κ1) is 64.5. The Morgan fingerprint density at radius 3 is 1.38 bits per heavy atom. The lowest BCUT2D eigenvalue weighted by atomic mass is 9.96. The van der Waals surface area contributed by atoms with Crippen molar-refractivity contribution in [1.82, 2.24) is 51.5 Å². The average molecular weight is 1170 g/mol. The van der Waals surface area contributed by atoms with Gasteiger partial charge in [-0.2, -0.15) is 0 Å².